The Bertz CT molecular complexity index is 681. The molecule has 0 aromatic heterocycles. The van der Waals surface area contributed by atoms with E-state index in [2.05, 4.69) is 18.2 Å². The van der Waals surface area contributed by atoms with Gasteiger partial charge < -0.3 is 0 Å². The molecule has 1 nitrogen and oxygen atoms in total. The van der Waals surface area contributed by atoms with Gasteiger partial charge in [0.2, 0.25) is 0 Å². The van der Waals surface area contributed by atoms with Gasteiger partial charge >= 0.3 is 0 Å². The summed E-state index contributed by atoms with van der Waals surface area (Å²) < 4.78 is 12.8. The number of allylic oxidation sites excluding steroid dienone is 2. The Morgan fingerprint density at radius 1 is 0.950 bits per heavy atom. The van der Waals surface area contributed by atoms with Gasteiger partial charge in [-0.1, -0.05) is 66.3 Å². The van der Waals surface area contributed by atoms with Gasteiger partial charge in [-0.3, -0.25) is 4.21 Å². The number of hydrogen-bond acceptors (Lipinski definition) is 1. The van der Waals surface area contributed by atoms with Crippen LogP contribution in [0.1, 0.15) is 11.1 Å². The van der Waals surface area contributed by atoms with Crippen LogP contribution >= 0.6 is 0 Å². The fourth-order valence-electron chi connectivity index (χ4n) is 2.36. The van der Waals surface area contributed by atoms with E-state index in [-0.39, 0.29) is 5.25 Å². The third-order valence-electron chi connectivity index (χ3n) is 3.46. The van der Waals surface area contributed by atoms with Crippen LogP contribution in [0.3, 0.4) is 0 Å². The van der Waals surface area contributed by atoms with E-state index >= 15 is 0 Å². The zero-order valence-electron chi connectivity index (χ0n) is 11.3. The van der Waals surface area contributed by atoms with Gasteiger partial charge in [-0.15, -0.1) is 0 Å². The van der Waals surface area contributed by atoms with Crippen LogP contribution in [0.15, 0.2) is 77.7 Å². The summed E-state index contributed by atoms with van der Waals surface area (Å²) in [6, 6.07) is 18.1. The molecular weight excluding hydrogens is 264 g/mol. The highest BCUT2D eigenvalue weighted by atomic mass is 32.2. The SMILES string of the molecule is Cc1ccc(S(=O)C2C=CC=C2c2ccccc2)cc1. The average molecular weight is 280 g/mol. The molecule has 0 heterocycles. The van der Waals surface area contributed by atoms with Crippen molar-refractivity contribution in [1.82, 2.24) is 0 Å². The maximum absolute atomic E-state index is 12.8. The van der Waals surface area contributed by atoms with E-state index in [1.54, 1.807) is 0 Å². The Labute approximate surface area is 122 Å². The fraction of sp³-hybridized carbons (Fsp3) is 0.111. The van der Waals surface area contributed by atoms with Crippen LogP contribution in [0.2, 0.25) is 0 Å². The molecule has 2 atom stereocenters. The Morgan fingerprint density at radius 2 is 1.65 bits per heavy atom. The molecule has 0 saturated heterocycles. The van der Waals surface area contributed by atoms with Crippen molar-refractivity contribution in [3.63, 3.8) is 0 Å². The van der Waals surface area contributed by atoms with E-state index in [0.717, 1.165) is 16.0 Å². The molecule has 0 fully saturated rings. The summed E-state index contributed by atoms with van der Waals surface area (Å²) in [4.78, 5) is 0.883. The van der Waals surface area contributed by atoms with Gasteiger partial charge in [0.05, 0.1) is 16.0 Å². The van der Waals surface area contributed by atoms with Crippen LogP contribution in [0.4, 0.5) is 0 Å². The molecular formula is C18H16OS. The smallest absolute Gasteiger partial charge is 0.0833 e. The van der Waals surface area contributed by atoms with Crippen LogP contribution in [0.25, 0.3) is 5.57 Å². The molecule has 100 valence electrons. The Balaban J connectivity index is 1.90. The summed E-state index contributed by atoms with van der Waals surface area (Å²) in [7, 11) is -1.05. The highest BCUT2D eigenvalue weighted by molar-refractivity contribution is 7.86. The average Bonchev–Trinajstić information content (AvgIpc) is 2.97. The van der Waals surface area contributed by atoms with Gasteiger partial charge in [0.1, 0.15) is 0 Å². The summed E-state index contributed by atoms with van der Waals surface area (Å²) in [5.41, 5.74) is 3.46. The third-order valence-corrected chi connectivity index (χ3v) is 5.07. The van der Waals surface area contributed by atoms with Crippen LogP contribution in [0.5, 0.6) is 0 Å². The quantitative estimate of drug-likeness (QED) is 0.826. The van der Waals surface area contributed by atoms with E-state index in [1.807, 2.05) is 61.5 Å². The van der Waals surface area contributed by atoms with Crippen LogP contribution < -0.4 is 0 Å². The van der Waals surface area contributed by atoms with Crippen molar-refractivity contribution in [2.45, 2.75) is 17.1 Å². The molecule has 2 aromatic carbocycles. The van der Waals surface area contributed by atoms with Crippen molar-refractivity contribution in [3.8, 4) is 0 Å². The molecule has 2 unspecified atom stereocenters. The molecule has 1 aliphatic rings. The molecule has 0 saturated carbocycles. The van der Waals surface area contributed by atoms with E-state index in [9.17, 15) is 4.21 Å². The van der Waals surface area contributed by atoms with Crippen molar-refractivity contribution in [1.29, 1.82) is 0 Å². The molecule has 1 aliphatic carbocycles. The van der Waals surface area contributed by atoms with Crippen LogP contribution in [0, 0.1) is 6.92 Å². The monoisotopic (exact) mass is 280 g/mol. The van der Waals surface area contributed by atoms with Gasteiger partial charge in [0.25, 0.3) is 0 Å². The van der Waals surface area contributed by atoms with E-state index in [0.29, 0.717) is 0 Å². The summed E-state index contributed by atoms with van der Waals surface area (Å²) >= 11 is 0. The molecule has 3 rings (SSSR count). The van der Waals surface area contributed by atoms with Crippen molar-refractivity contribution in [2.75, 3.05) is 0 Å². The minimum atomic E-state index is -1.05. The fourth-order valence-corrected chi connectivity index (χ4v) is 3.73. The standard InChI is InChI=1S/C18H16OS/c1-14-10-12-16(13-11-14)20(19)18-9-5-8-17(18)15-6-3-2-4-7-15/h2-13,18H,1H3. The molecule has 0 radical (unpaired) electrons. The van der Waals surface area contributed by atoms with Crippen LogP contribution in [-0.2, 0) is 10.8 Å². The maximum atomic E-state index is 12.8. The maximum Gasteiger partial charge on any atom is 0.0833 e. The second-order valence-corrected chi connectivity index (χ2v) is 6.48. The summed E-state index contributed by atoms with van der Waals surface area (Å²) in [5, 5.41) is -0.0555. The van der Waals surface area contributed by atoms with Gasteiger partial charge in [0.15, 0.2) is 0 Å². The highest BCUT2D eigenvalue weighted by Crippen LogP contribution is 2.30. The van der Waals surface area contributed by atoms with Gasteiger partial charge in [-0.25, -0.2) is 0 Å². The zero-order valence-corrected chi connectivity index (χ0v) is 12.1. The lowest BCUT2D eigenvalue weighted by atomic mass is 10.1. The lowest BCUT2D eigenvalue weighted by Gasteiger charge is -2.14. The zero-order chi connectivity index (χ0) is 13.9. The molecule has 20 heavy (non-hydrogen) atoms. The topological polar surface area (TPSA) is 17.1 Å². The lowest BCUT2D eigenvalue weighted by molar-refractivity contribution is 0.682. The minimum Gasteiger partial charge on any atom is -0.253 e. The summed E-state index contributed by atoms with van der Waals surface area (Å²) in [5.74, 6) is 0. The number of rotatable bonds is 3. The first-order valence-corrected chi connectivity index (χ1v) is 7.88. The number of hydrogen-bond donors (Lipinski definition) is 0. The largest absolute Gasteiger partial charge is 0.253 e. The molecule has 2 heteroatoms. The van der Waals surface area contributed by atoms with Crippen molar-refractivity contribution in [3.05, 3.63) is 84.0 Å². The Morgan fingerprint density at radius 3 is 2.35 bits per heavy atom. The van der Waals surface area contributed by atoms with Crippen molar-refractivity contribution in [2.24, 2.45) is 0 Å². The third kappa shape index (κ3) is 2.52. The normalized spacial score (nSPS) is 18.9. The number of benzene rings is 2. The minimum absolute atomic E-state index is 0.0555. The molecule has 0 spiro atoms. The van der Waals surface area contributed by atoms with Crippen LogP contribution in [-0.4, -0.2) is 9.46 Å². The van der Waals surface area contributed by atoms with E-state index in [1.165, 1.54) is 5.56 Å². The summed E-state index contributed by atoms with van der Waals surface area (Å²) in [6.45, 7) is 2.04. The Hall–Kier alpha value is -1.93. The first-order chi connectivity index (χ1) is 9.75. The molecule has 0 amide bonds. The van der Waals surface area contributed by atoms with E-state index < -0.39 is 10.8 Å². The predicted molar refractivity (Wildman–Crippen MR) is 84.9 cm³/mol. The van der Waals surface area contributed by atoms with Gasteiger partial charge in [0, 0.05) is 4.90 Å². The summed E-state index contributed by atoms with van der Waals surface area (Å²) in [6.07, 6.45) is 6.09. The molecule has 0 bridgehead atoms. The predicted octanol–water partition coefficient (Wildman–Crippen LogP) is 4.12. The first-order valence-electron chi connectivity index (χ1n) is 6.67. The second kappa shape index (κ2) is 5.59. The van der Waals surface area contributed by atoms with Crippen molar-refractivity contribution >= 4 is 16.4 Å². The highest BCUT2D eigenvalue weighted by Gasteiger charge is 2.23. The van der Waals surface area contributed by atoms with Gasteiger partial charge in [-0.2, -0.15) is 0 Å². The molecule has 2 aromatic rings. The Kier molecular flexibility index (Phi) is 3.66. The van der Waals surface area contributed by atoms with Crippen molar-refractivity contribution < 1.29 is 4.21 Å². The van der Waals surface area contributed by atoms with E-state index in [4.69, 9.17) is 0 Å². The second-order valence-electron chi connectivity index (χ2n) is 4.90. The number of aryl methyl sites for hydroxylation is 1. The van der Waals surface area contributed by atoms with Gasteiger partial charge in [-0.05, 0) is 30.2 Å². The lowest BCUT2D eigenvalue weighted by Crippen LogP contribution is -2.12. The first kappa shape index (κ1) is 13.1. The molecule has 0 aliphatic heterocycles. The molecule has 0 N–H and O–H groups in total.